The van der Waals surface area contributed by atoms with Crippen LogP contribution in [0.5, 0.6) is 11.5 Å². The lowest BCUT2D eigenvalue weighted by Gasteiger charge is -2.36. The molecule has 0 bridgehead atoms. The average molecular weight is 605 g/mol. The Labute approximate surface area is 269 Å². The van der Waals surface area contributed by atoms with Crippen LogP contribution >= 0.6 is 0 Å². The Morgan fingerprint density at radius 3 is 1.89 bits per heavy atom. The molecule has 0 saturated carbocycles. The Kier molecular flexibility index (Phi) is 10.1. The molecule has 1 atom stereocenters. The Hall–Kier alpha value is -4.51. The lowest BCUT2D eigenvalue weighted by molar-refractivity contribution is 0.0543. The van der Waals surface area contributed by atoms with E-state index < -0.39 is 5.60 Å². The molecule has 4 aromatic carbocycles. The van der Waals surface area contributed by atoms with Crippen molar-refractivity contribution in [2.45, 2.75) is 83.8 Å². The van der Waals surface area contributed by atoms with Gasteiger partial charge in [-0.3, -0.25) is 4.79 Å². The number of nitrogen functional groups attached to an aromatic ring is 2. The molecule has 0 radical (unpaired) electrons. The maximum atomic E-state index is 12.3. The van der Waals surface area contributed by atoms with Gasteiger partial charge in [0.05, 0.1) is 6.10 Å². The largest absolute Gasteiger partial charge is 0.491 e. The third-order valence-corrected chi connectivity index (χ3v) is 8.15. The number of rotatable bonds is 13. The summed E-state index contributed by atoms with van der Waals surface area (Å²) in [6, 6.07) is 31.3. The van der Waals surface area contributed by atoms with Crippen molar-refractivity contribution >= 4 is 23.2 Å². The van der Waals surface area contributed by atoms with Crippen LogP contribution in [0, 0.1) is 0 Å². The van der Waals surface area contributed by atoms with Crippen molar-refractivity contribution in [1.82, 2.24) is 0 Å². The number of ether oxygens (including phenoxy) is 2. The van der Waals surface area contributed by atoms with Gasteiger partial charge < -0.3 is 20.9 Å². The van der Waals surface area contributed by atoms with Crippen LogP contribution in [-0.2, 0) is 10.8 Å². The molecule has 0 spiro atoms. The Balaban J connectivity index is 1.31. The number of ketones is 1. The highest BCUT2D eigenvalue weighted by Gasteiger charge is 2.32. The fourth-order valence-electron chi connectivity index (χ4n) is 6.21. The number of anilines is 2. The summed E-state index contributed by atoms with van der Waals surface area (Å²) in [4.78, 5) is 12.3. The zero-order valence-corrected chi connectivity index (χ0v) is 27.8. The lowest BCUT2D eigenvalue weighted by Crippen LogP contribution is -2.34. The van der Waals surface area contributed by atoms with Crippen molar-refractivity contribution in [1.29, 1.82) is 0 Å². The molecule has 45 heavy (non-hydrogen) atoms. The molecule has 0 aliphatic carbocycles. The zero-order valence-electron chi connectivity index (χ0n) is 27.8. The van der Waals surface area contributed by atoms with Gasteiger partial charge >= 0.3 is 0 Å². The first-order valence-electron chi connectivity index (χ1n) is 15.6. The Morgan fingerprint density at radius 2 is 1.29 bits per heavy atom. The highest BCUT2D eigenvalue weighted by Crippen LogP contribution is 2.40. The van der Waals surface area contributed by atoms with Crippen LogP contribution in [0.3, 0.4) is 0 Å². The lowest BCUT2D eigenvalue weighted by atomic mass is 9.68. The molecule has 0 aliphatic rings. The molecular weight excluding hydrogens is 556 g/mol. The quantitative estimate of drug-likeness (QED) is 0.0902. The normalized spacial score (nSPS) is 13.0. The van der Waals surface area contributed by atoms with E-state index in [1.807, 2.05) is 72.8 Å². The van der Waals surface area contributed by atoms with Crippen LogP contribution in [0.15, 0.2) is 103 Å². The Bertz CT molecular complexity index is 1580. The van der Waals surface area contributed by atoms with E-state index in [2.05, 4.69) is 72.7 Å². The average Bonchev–Trinajstić information content (AvgIpc) is 2.96. The molecule has 0 aromatic heterocycles. The van der Waals surface area contributed by atoms with Gasteiger partial charge in [-0.25, -0.2) is 0 Å². The number of hydrogen-bond donors (Lipinski definition) is 2. The molecule has 4 aromatic rings. The third-order valence-electron chi connectivity index (χ3n) is 8.15. The maximum Gasteiger partial charge on any atom is 0.185 e. The van der Waals surface area contributed by atoms with Crippen LogP contribution < -0.4 is 20.9 Å². The summed E-state index contributed by atoms with van der Waals surface area (Å²) in [7, 11) is 0. The SMILES string of the molecule is CC(CC(C)(C)Oc1ccc(C(C)(C)CC(C)(C)c2cc(N)cc(N)c2)cc1)Oc1ccc(/C=C/C(=O)c2ccccc2)cc1. The molecule has 236 valence electrons. The van der Waals surface area contributed by atoms with E-state index >= 15 is 0 Å². The molecule has 0 aliphatic heterocycles. The van der Waals surface area contributed by atoms with Crippen molar-refractivity contribution < 1.29 is 14.3 Å². The van der Waals surface area contributed by atoms with E-state index in [9.17, 15) is 4.79 Å². The molecule has 0 fully saturated rings. The van der Waals surface area contributed by atoms with Gasteiger partial charge in [-0.1, -0.05) is 88.4 Å². The van der Waals surface area contributed by atoms with E-state index in [-0.39, 0.29) is 22.7 Å². The van der Waals surface area contributed by atoms with E-state index in [0.717, 1.165) is 29.0 Å². The molecule has 5 heteroatoms. The minimum Gasteiger partial charge on any atom is -0.491 e. The van der Waals surface area contributed by atoms with E-state index in [0.29, 0.717) is 23.4 Å². The van der Waals surface area contributed by atoms with Crippen LogP contribution in [0.25, 0.3) is 6.08 Å². The second-order valence-electron chi connectivity index (χ2n) is 14.0. The minimum absolute atomic E-state index is 0.0194. The molecule has 5 nitrogen and oxygen atoms in total. The summed E-state index contributed by atoms with van der Waals surface area (Å²) < 4.78 is 12.6. The second kappa shape index (κ2) is 13.6. The van der Waals surface area contributed by atoms with E-state index in [1.54, 1.807) is 12.1 Å². The van der Waals surface area contributed by atoms with Crippen LogP contribution in [0.4, 0.5) is 11.4 Å². The third kappa shape index (κ3) is 9.49. The van der Waals surface area contributed by atoms with Crippen molar-refractivity contribution in [2.75, 3.05) is 11.5 Å². The summed E-state index contributed by atoms with van der Waals surface area (Å²) in [6.07, 6.45) is 4.97. The number of allylic oxidation sites excluding steroid dienone is 1. The summed E-state index contributed by atoms with van der Waals surface area (Å²) in [6.45, 7) is 15.3. The van der Waals surface area contributed by atoms with Gasteiger partial charge in [0.2, 0.25) is 0 Å². The standard InChI is InChI=1S/C40H48N2O3/c1-28(44-35-18-13-29(14-19-35)15-22-37(43)30-11-9-8-10-12-30)26-40(6,7)45-36-20-16-31(17-21-36)38(2,3)27-39(4,5)32-23-33(41)25-34(42)24-32/h8-25,28H,26-27,41-42H2,1-7H3/b22-15+. The molecule has 0 saturated heterocycles. The van der Waals surface area contributed by atoms with Crippen molar-refractivity contribution in [2.24, 2.45) is 0 Å². The molecule has 4 N–H and O–H groups in total. The highest BCUT2D eigenvalue weighted by atomic mass is 16.5. The number of nitrogens with two attached hydrogens (primary N) is 2. The minimum atomic E-state index is -0.438. The van der Waals surface area contributed by atoms with Crippen molar-refractivity contribution in [3.8, 4) is 11.5 Å². The van der Waals surface area contributed by atoms with Gasteiger partial charge in [-0.15, -0.1) is 0 Å². The fraction of sp³-hybridized carbons (Fsp3) is 0.325. The van der Waals surface area contributed by atoms with Gasteiger partial charge in [0.1, 0.15) is 17.1 Å². The first-order valence-corrected chi connectivity index (χ1v) is 15.6. The smallest absolute Gasteiger partial charge is 0.185 e. The number of hydrogen-bond acceptors (Lipinski definition) is 5. The van der Waals surface area contributed by atoms with Gasteiger partial charge in [0.25, 0.3) is 0 Å². The molecule has 0 heterocycles. The zero-order chi connectivity index (χ0) is 32.8. The van der Waals surface area contributed by atoms with E-state index in [1.165, 1.54) is 5.56 Å². The van der Waals surface area contributed by atoms with Crippen LogP contribution in [0.2, 0.25) is 0 Å². The highest BCUT2D eigenvalue weighted by molar-refractivity contribution is 6.06. The Morgan fingerprint density at radius 1 is 0.733 bits per heavy atom. The van der Waals surface area contributed by atoms with Crippen molar-refractivity contribution in [3.05, 3.63) is 125 Å². The number of carbonyl (C=O) groups excluding carboxylic acids is 1. The summed E-state index contributed by atoms with van der Waals surface area (Å²) in [5.41, 5.74) is 16.9. The van der Waals surface area contributed by atoms with Crippen molar-refractivity contribution in [3.63, 3.8) is 0 Å². The molecule has 1 unspecified atom stereocenters. The fourth-order valence-corrected chi connectivity index (χ4v) is 6.21. The van der Waals surface area contributed by atoms with Gasteiger partial charge in [-0.05, 0) is 103 Å². The second-order valence-corrected chi connectivity index (χ2v) is 14.0. The monoisotopic (exact) mass is 604 g/mol. The van der Waals surface area contributed by atoms with Gasteiger partial charge in [0, 0.05) is 23.4 Å². The molecule has 0 amide bonds. The summed E-state index contributed by atoms with van der Waals surface area (Å²) >= 11 is 0. The number of benzene rings is 4. The maximum absolute atomic E-state index is 12.3. The van der Waals surface area contributed by atoms with Gasteiger partial charge in [0.15, 0.2) is 5.78 Å². The summed E-state index contributed by atoms with van der Waals surface area (Å²) in [5, 5.41) is 0. The number of carbonyl (C=O) groups is 1. The molecule has 4 rings (SSSR count). The van der Waals surface area contributed by atoms with Crippen LogP contribution in [0.1, 0.15) is 88.4 Å². The predicted molar refractivity (Wildman–Crippen MR) is 188 cm³/mol. The summed E-state index contributed by atoms with van der Waals surface area (Å²) in [5.74, 6) is 1.59. The van der Waals surface area contributed by atoms with Gasteiger partial charge in [-0.2, -0.15) is 0 Å². The predicted octanol–water partition coefficient (Wildman–Crippen LogP) is 9.41. The molecular formula is C40H48N2O3. The first kappa shape index (κ1) is 33.4. The van der Waals surface area contributed by atoms with Crippen LogP contribution in [-0.4, -0.2) is 17.5 Å². The first-order chi connectivity index (χ1) is 21.1. The van der Waals surface area contributed by atoms with E-state index in [4.69, 9.17) is 20.9 Å². The topological polar surface area (TPSA) is 87.6 Å².